The molecule has 5 rings (SSSR count). The highest BCUT2D eigenvalue weighted by atomic mass is 32.2. The topological polar surface area (TPSA) is 131 Å². The lowest BCUT2D eigenvalue weighted by atomic mass is 9.95. The van der Waals surface area contributed by atoms with Crippen molar-refractivity contribution < 1.29 is 14.3 Å². The minimum atomic E-state index is -0.677. The molecule has 1 unspecified atom stereocenters. The van der Waals surface area contributed by atoms with E-state index in [1.54, 1.807) is 11.6 Å². The van der Waals surface area contributed by atoms with Gasteiger partial charge in [0.1, 0.15) is 5.39 Å². The van der Waals surface area contributed by atoms with E-state index in [0.29, 0.717) is 27.5 Å². The van der Waals surface area contributed by atoms with E-state index in [4.69, 9.17) is 4.74 Å². The molecule has 182 valence electrons. The van der Waals surface area contributed by atoms with E-state index in [1.165, 1.54) is 18.0 Å². The molecular formula is C25H22N6O4S. The number of hydrogen-bond acceptors (Lipinski definition) is 7. The Labute approximate surface area is 209 Å². The van der Waals surface area contributed by atoms with Gasteiger partial charge >= 0.3 is 12.0 Å². The predicted octanol–water partition coefficient (Wildman–Crippen LogP) is 3.07. The molecule has 0 bridgehead atoms. The summed E-state index contributed by atoms with van der Waals surface area (Å²) in [6, 6.07) is 17.4. The molecule has 3 heterocycles. The number of thioether (sulfide) groups is 1. The number of ether oxygens (including phenoxy) is 1. The number of nitrogens with zero attached hydrogens (tertiary/aromatic N) is 3. The van der Waals surface area contributed by atoms with E-state index in [-0.39, 0.29) is 17.9 Å². The second-order valence-corrected chi connectivity index (χ2v) is 8.81. The van der Waals surface area contributed by atoms with Gasteiger partial charge in [-0.05, 0) is 24.6 Å². The molecule has 0 saturated heterocycles. The first-order valence-electron chi connectivity index (χ1n) is 11.2. The van der Waals surface area contributed by atoms with Gasteiger partial charge in [0.05, 0.1) is 30.1 Å². The third-order valence-corrected chi connectivity index (χ3v) is 6.45. The Hall–Kier alpha value is -4.38. The van der Waals surface area contributed by atoms with Gasteiger partial charge in [0.2, 0.25) is 0 Å². The Kier molecular flexibility index (Phi) is 6.54. The number of urea groups is 1. The van der Waals surface area contributed by atoms with Gasteiger partial charge in [0.25, 0.3) is 5.56 Å². The minimum absolute atomic E-state index is 0.165. The molecule has 0 spiro atoms. The molecule has 1 atom stereocenters. The van der Waals surface area contributed by atoms with E-state index >= 15 is 0 Å². The van der Waals surface area contributed by atoms with Crippen LogP contribution in [-0.4, -0.2) is 44.1 Å². The van der Waals surface area contributed by atoms with Crippen LogP contribution in [0.5, 0.6) is 0 Å². The summed E-state index contributed by atoms with van der Waals surface area (Å²) in [5, 5.41) is 10.5. The number of aromatic nitrogens is 4. The molecular weight excluding hydrogens is 480 g/mol. The molecule has 10 nitrogen and oxygen atoms in total. The van der Waals surface area contributed by atoms with Gasteiger partial charge in [-0.2, -0.15) is 5.10 Å². The second kappa shape index (κ2) is 10.1. The predicted molar refractivity (Wildman–Crippen MR) is 135 cm³/mol. The zero-order valence-corrected chi connectivity index (χ0v) is 20.0. The number of carbonyl (C=O) groups excluding carboxylic acids is 2. The van der Waals surface area contributed by atoms with Gasteiger partial charge < -0.3 is 20.4 Å². The van der Waals surface area contributed by atoms with Crippen molar-refractivity contribution in [3.8, 4) is 5.69 Å². The first-order valence-corrected chi connectivity index (χ1v) is 12.2. The number of para-hydroxylation sites is 1. The maximum Gasteiger partial charge on any atom is 0.338 e. The van der Waals surface area contributed by atoms with Gasteiger partial charge in [-0.25, -0.2) is 19.3 Å². The van der Waals surface area contributed by atoms with Crippen molar-refractivity contribution in [2.45, 2.75) is 18.1 Å². The number of nitrogens with one attached hydrogen (secondary N) is 3. The molecule has 1 aliphatic rings. The molecule has 2 aromatic heterocycles. The van der Waals surface area contributed by atoms with Crippen molar-refractivity contribution in [3.05, 3.63) is 94.0 Å². The third-order valence-electron chi connectivity index (χ3n) is 5.55. The molecule has 3 N–H and O–H groups in total. The summed E-state index contributed by atoms with van der Waals surface area (Å²) in [6.07, 6.45) is 1.47. The highest BCUT2D eigenvalue weighted by Gasteiger charge is 2.33. The molecule has 1 aliphatic heterocycles. The van der Waals surface area contributed by atoms with Crippen LogP contribution in [0.25, 0.3) is 16.7 Å². The Balaban J connectivity index is 1.51. The Morgan fingerprint density at radius 1 is 1.08 bits per heavy atom. The molecule has 2 aromatic carbocycles. The van der Waals surface area contributed by atoms with E-state index in [1.807, 2.05) is 60.7 Å². The average Bonchev–Trinajstić information content (AvgIpc) is 3.33. The summed E-state index contributed by atoms with van der Waals surface area (Å²) < 4.78 is 6.89. The van der Waals surface area contributed by atoms with E-state index in [9.17, 15) is 14.4 Å². The normalized spacial score (nSPS) is 15.5. The van der Waals surface area contributed by atoms with E-state index in [0.717, 1.165) is 11.3 Å². The molecule has 0 saturated carbocycles. The lowest BCUT2D eigenvalue weighted by Crippen LogP contribution is -2.46. The van der Waals surface area contributed by atoms with Gasteiger partial charge in [-0.3, -0.25) is 4.79 Å². The van der Waals surface area contributed by atoms with Crippen molar-refractivity contribution >= 4 is 34.8 Å². The van der Waals surface area contributed by atoms with E-state index in [2.05, 4.69) is 25.7 Å². The van der Waals surface area contributed by atoms with E-state index < -0.39 is 18.0 Å². The van der Waals surface area contributed by atoms with Crippen LogP contribution in [0, 0.1) is 0 Å². The van der Waals surface area contributed by atoms with Crippen LogP contribution in [0.4, 0.5) is 4.79 Å². The summed E-state index contributed by atoms with van der Waals surface area (Å²) in [5.74, 6) is -0.368. The fraction of sp³-hybridized carbons (Fsp3) is 0.160. The zero-order chi connectivity index (χ0) is 25.1. The largest absolute Gasteiger partial charge is 0.463 e. The van der Waals surface area contributed by atoms with Crippen molar-refractivity contribution in [2.24, 2.45) is 0 Å². The molecule has 4 aromatic rings. The Morgan fingerprint density at radius 2 is 1.81 bits per heavy atom. The van der Waals surface area contributed by atoms with Crippen molar-refractivity contribution in [3.63, 3.8) is 0 Å². The molecule has 0 fully saturated rings. The van der Waals surface area contributed by atoms with Crippen LogP contribution in [0.3, 0.4) is 0 Å². The molecule has 36 heavy (non-hydrogen) atoms. The maximum atomic E-state index is 12.9. The van der Waals surface area contributed by atoms with Gasteiger partial charge in [0.15, 0.2) is 10.8 Å². The van der Waals surface area contributed by atoms with Crippen LogP contribution in [0.2, 0.25) is 0 Å². The first kappa shape index (κ1) is 23.4. The van der Waals surface area contributed by atoms with Crippen LogP contribution < -0.4 is 16.2 Å². The SMILES string of the molecule is CCOC(=O)C1=C(CSc2nc3c(cnn3-c3ccccc3)c(=O)[nH]2)NC(=O)NC1c1ccccc1. The smallest absolute Gasteiger partial charge is 0.338 e. The van der Waals surface area contributed by atoms with Crippen LogP contribution in [-0.2, 0) is 9.53 Å². The lowest BCUT2D eigenvalue weighted by Gasteiger charge is -2.29. The molecule has 0 radical (unpaired) electrons. The van der Waals surface area contributed by atoms with Crippen LogP contribution in [0.15, 0.2) is 88.1 Å². The van der Waals surface area contributed by atoms with Gasteiger partial charge in [0, 0.05) is 11.4 Å². The number of rotatable bonds is 7. The number of aromatic amines is 1. The number of benzene rings is 2. The van der Waals surface area contributed by atoms with Crippen molar-refractivity contribution in [1.82, 2.24) is 30.4 Å². The summed E-state index contributed by atoms with van der Waals surface area (Å²) in [5.41, 5.74) is 2.27. The van der Waals surface area contributed by atoms with Crippen LogP contribution >= 0.6 is 11.8 Å². The van der Waals surface area contributed by atoms with Gasteiger partial charge in [-0.15, -0.1) is 0 Å². The summed E-state index contributed by atoms with van der Waals surface area (Å²) in [4.78, 5) is 45.5. The Morgan fingerprint density at radius 3 is 2.53 bits per heavy atom. The van der Waals surface area contributed by atoms with Crippen LogP contribution in [0.1, 0.15) is 18.5 Å². The number of esters is 1. The number of carbonyl (C=O) groups is 2. The minimum Gasteiger partial charge on any atom is -0.463 e. The van der Waals surface area contributed by atoms with Crippen molar-refractivity contribution in [2.75, 3.05) is 12.4 Å². The third kappa shape index (κ3) is 4.60. The molecule has 2 amide bonds. The zero-order valence-electron chi connectivity index (χ0n) is 19.2. The lowest BCUT2D eigenvalue weighted by molar-refractivity contribution is -0.139. The summed E-state index contributed by atoms with van der Waals surface area (Å²) in [7, 11) is 0. The second-order valence-electron chi connectivity index (χ2n) is 7.84. The highest BCUT2D eigenvalue weighted by molar-refractivity contribution is 7.99. The monoisotopic (exact) mass is 502 g/mol. The maximum absolute atomic E-state index is 12.9. The fourth-order valence-electron chi connectivity index (χ4n) is 3.94. The number of hydrogen-bond donors (Lipinski definition) is 3. The van der Waals surface area contributed by atoms with Crippen molar-refractivity contribution in [1.29, 1.82) is 0 Å². The Bertz CT molecular complexity index is 1510. The number of H-pyrrole nitrogens is 1. The number of fused-ring (bicyclic) bond motifs is 1. The quantitative estimate of drug-likeness (QED) is 0.201. The highest BCUT2D eigenvalue weighted by Crippen LogP contribution is 2.30. The molecule has 11 heteroatoms. The molecule has 0 aliphatic carbocycles. The fourth-order valence-corrected chi connectivity index (χ4v) is 4.77. The standard InChI is InChI=1S/C25H22N6O4S/c1-2-35-23(33)19-18(27-24(34)28-20(19)15-9-5-3-6-10-15)14-36-25-29-21-17(22(32)30-25)13-26-31(21)16-11-7-4-8-12-16/h3-13,20H,2,14H2,1H3,(H2,27,28,34)(H,29,30,32). The average molecular weight is 503 g/mol. The van der Waals surface area contributed by atoms with Gasteiger partial charge in [-0.1, -0.05) is 60.3 Å². The summed E-state index contributed by atoms with van der Waals surface area (Å²) in [6.45, 7) is 1.91. The first-order chi connectivity index (χ1) is 17.5. The number of amides is 2. The summed E-state index contributed by atoms with van der Waals surface area (Å²) >= 11 is 1.19.